The van der Waals surface area contributed by atoms with Crippen molar-refractivity contribution in [1.29, 1.82) is 0 Å². The summed E-state index contributed by atoms with van der Waals surface area (Å²) in [5.41, 5.74) is 2.60. The molecule has 4 rings (SSSR count). The van der Waals surface area contributed by atoms with Crippen molar-refractivity contribution in [1.82, 2.24) is 20.2 Å². The van der Waals surface area contributed by atoms with Crippen LogP contribution in [0.4, 0.5) is 11.6 Å². The molecule has 0 bridgehead atoms. The minimum Gasteiger partial charge on any atom is -0.493 e. The molecule has 0 spiro atoms. The van der Waals surface area contributed by atoms with E-state index in [1.807, 2.05) is 48.7 Å². The van der Waals surface area contributed by atoms with E-state index >= 15 is 0 Å². The minimum atomic E-state index is 0.619. The summed E-state index contributed by atoms with van der Waals surface area (Å²) in [4.78, 5) is 11.1. The molecule has 0 radical (unpaired) electrons. The zero-order chi connectivity index (χ0) is 20.2. The van der Waals surface area contributed by atoms with Crippen LogP contribution < -0.4 is 14.4 Å². The highest BCUT2D eigenvalue weighted by atomic mass is 16.5. The Hall–Kier alpha value is -3.74. The topological polar surface area (TPSA) is 73.3 Å². The number of ether oxygens (including phenoxy) is 2. The fourth-order valence-electron chi connectivity index (χ4n) is 3.27. The van der Waals surface area contributed by atoms with E-state index in [-0.39, 0.29) is 0 Å². The van der Waals surface area contributed by atoms with Gasteiger partial charge in [-0.15, -0.1) is 0 Å². The van der Waals surface area contributed by atoms with Crippen molar-refractivity contribution in [3.8, 4) is 22.6 Å². The Kier molecular flexibility index (Phi) is 5.20. The molecule has 7 heteroatoms. The van der Waals surface area contributed by atoms with Gasteiger partial charge in [-0.25, -0.2) is 9.97 Å². The summed E-state index contributed by atoms with van der Waals surface area (Å²) in [5, 5.41) is 9.30. The van der Waals surface area contributed by atoms with Gasteiger partial charge in [-0.2, -0.15) is 10.2 Å². The standard InChI is InChI=1S/C22H21N5O2/c1-4-27(21-7-5-6-10-23-21)22-9-8-15(13-24-22)17-14-25-26-18-12-20(29-3)19(28-2)11-16(17)18/h5-14H,4H2,1-3H3. The second-order valence-corrected chi connectivity index (χ2v) is 6.32. The van der Waals surface area contributed by atoms with Gasteiger partial charge < -0.3 is 14.4 Å². The van der Waals surface area contributed by atoms with Crippen LogP contribution in [0.25, 0.3) is 22.0 Å². The summed E-state index contributed by atoms with van der Waals surface area (Å²) in [7, 11) is 3.22. The number of methoxy groups -OCH3 is 2. The number of anilines is 2. The van der Waals surface area contributed by atoms with Crippen LogP contribution in [0.3, 0.4) is 0 Å². The molecule has 0 saturated carbocycles. The smallest absolute Gasteiger partial charge is 0.162 e. The van der Waals surface area contributed by atoms with E-state index in [2.05, 4.69) is 32.0 Å². The average Bonchev–Trinajstić information content (AvgIpc) is 2.79. The Morgan fingerprint density at radius 1 is 0.897 bits per heavy atom. The van der Waals surface area contributed by atoms with Crippen LogP contribution in [0, 0.1) is 0 Å². The Labute approximate surface area is 169 Å². The molecule has 0 fully saturated rings. The highest BCUT2D eigenvalue weighted by Crippen LogP contribution is 2.35. The first kappa shape index (κ1) is 18.6. The van der Waals surface area contributed by atoms with E-state index in [0.717, 1.165) is 40.2 Å². The highest BCUT2D eigenvalue weighted by Gasteiger charge is 2.14. The summed E-state index contributed by atoms with van der Waals surface area (Å²) in [6.45, 7) is 2.84. The summed E-state index contributed by atoms with van der Waals surface area (Å²) in [6, 6.07) is 13.6. The van der Waals surface area contributed by atoms with Crippen molar-refractivity contribution in [3.05, 3.63) is 61.1 Å². The van der Waals surface area contributed by atoms with E-state index in [1.54, 1.807) is 26.6 Å². The number of hydrogen-bond donors (Lipinski definition) is 0. The Morgan fingerprint density at radius 3 is 2.34 bits per heavy atom. The predicted molar refractivity (Wildman–Crippen MR) is 113 cm³/mol. The van der Waals surface area contributed by atoms with Crippen LogP contribution in [0.2, 0.25) is 0 Å². The largest absolute Gasteiger partial charge is 0.493 e. The maximum absolute atomic E-state index is 5.45. The SMILES string of the molecule is CCN(c1ccccn1)c1ccc(-c2cnnc3cc(OC)c(OC)cc23)cn1. The molecule has 7 nitrogen and oxygen atoms in total. The number of aromatic nitrogens is 4. The van der Waals surface area contributed by atoms with Crippen LogP contribution in [0.5, 0.6) is 11.5 Å². The van der Waals surface area contributed by atoms with Crippen molar-refractivity contribution < 1.29 is 9.47 Å². The number of pyridine rings is 2. The fourth-order valence-corrected chi connectivity index (χ4v) is 3.27. The maximum atomic E-state index is 5.45. The van der Waals surface area contributed by atoms with E-state index in [0.29, 0.717) is 11.5 Å². The fraction of sp³-hybridized carbons (Fsp3) is 0.182. The van der Waals surface area contributed by atoms with Crippen LogP contribution in [-0.2, 0) is 0 Å². The molecule has 3 heterocycles. The molecular formula is C22H21N5O2. The number of fused-ring (bicyclic) bond motifs is 1. The third kappa shape index (κ3) is 3.54. The van der Waals surface area contributed by atoms with Gasteiger partial charge in [-0.3, -0.25) is 0 Å². The van der Waals surface area contributed by atoms with E-state index in [9.17, 15) is 0 Å². The van der Waals surface area contributed by atoms with Gasteiger partial charge in [0.2, 0.25) is 0 Å². The predicted octanol–water partition coefficient (Wildman–Crippen LogP) is 4.26. The van der Waals surface area contributed by atoms with Gasteiger partial charge in [0.1, 0.15) is 11.6 Å². The Morgan fingerprint density at radius 2 is 1.69 bits per heavy atom. The lowest BCUT2D eigenvalue weighted by Crippen LogP contribution is -2.18. The second kappa shape index (κ2) is 8.10. The van der Waals surface area contributed by atoms with Crippen molar-refractivity contribution in [2.45, 2.75) is 6.92 Å². The second-order valence-electron chi connectivity index (χ2n) is 6.32. The third-order valence-corrected chi connectivity index (χ3v) is 4.72. The van der Waals surface area contributed by atoms with E-state index in [4.69, 9.17) is 9.47 Å². The number of hydrogen-bond acceptors (Lipinski definition) is 7. The molecule has 0 atom stereocenters. The van der Waals surface area contributed by atoms with Crippen LogP contribution in [0.1, 0.15) is 6.92 Å². The first-order valence-electron chi connectivity index (χ1n) is 9.27. The molecule has 0 aliphatic rings. The van der Waals surface area contributed by atoms with Crippen molar-refractivity contribution >= 4 is 22.5 Å². The molecule has 0 aliphatic carbocycles. The lowest BCUT2D eigenvalue weighted by molar-refractivity contribution is 0.356. The maximum Gasteiger partial charge on any atom is 0.162 e. The van der Waals surface area contributed by atoms with Crippen molar-refractivity contribution in [3.63, 3.8) is 0 Å². The Bertz CT molecular complexity index is 1120. The van der Waals surface area contributed by atoms with Crippen molar-refractivity contribution in [2.75, 3.05) is 25.7 Å². The van der Waals surface area contributed by atoms with Gasteiger partial charge in [0.15, 0.2) is 11.5 Å². The number of rotatable bonds is 6. The molecular weight excluding hydrogens is 366 g/mol. The summed E-state index contributed by atoms with van der Waals surface area (Å²) < 4.78 is 10.8. The van der Waals surface area contributed by atoms with Crippen molar-refractivity contribution in [2.24, 2.45) is 0 Å². The first-order chi connectivity index (χ1) is 14.2. The number of nitrogens with zero attached hydrogens (tertiary/aromatic N) is 5. The van der Waals surface area contributed by atoms with Gasteiger partial charge in [0.05, 0.1) is 25.9 Å². The molecule has 0 saturated heterocycles. The molecule has 146 valence electrons. The summed E-state index contributed by atoms with van der Waals surface area (Å²) in [6.07, 6.45) is 5.36. The van der Waals surface area contributed by atoms with Gasteiger partial charge in [0, 0.05) is 41.5 Å². The molecule has 0 amide bonds. The summed E-state index contributed by atoms with van der Waals surface area (Å²) >= 11 is 0. The van der Waals surface area contributed by atoms with E-state index < -0.39 is 0 Å². The lowest BCUT2D eigenvalue weighted by atomic mass is 10.0. The normalized spacial score (nSPS) is 10.7. The molecule has 0 aliphatic heterocycles. The monoisotopic (exact) mass is 387 g/mol. The quantitative estimate of drug-likeness (QED) is 0.489. The summed E-state index contributed by atoms with van der Waals surface area (Å²) in [5.74, 6) is 2.96. The molecule has 29 heavy (non-hydrogen) atoms. The van der Waals surface area contributed by atoms with Gasteiger partial charge >= 0.3 is 0 Å². The zero-order valence-electron chi connectivity index (χ0n) is 16.5. The molecule has 0 N–H and O–H groups in total. The molecule has 0 unspecified atom stereocenters. The van der Waals surface area contributed by atoms with Gasteiger partial charge in [-0.05, 0) is 37.3 Å². The van der Waals surface area contributed by atoms with E-state index in [1.165, 1.54) is 0 Å². The lowest BCUT2D eigenvalue weighted by Gasteiger charge is -2.21. The molecule has 3 aromatic heterocycles. The van der Waals surface area contributed by atoms with Gasteiger partial charge in [-0.1, -0.05) is 6.07 Å². The number of benzene rings is 1. The average molecular weight is 387 g/mol. The molecule has 1 aromatic carbocycles. The third-order valence-electron chi connectivity index (χ3n) is 4.72. The minimum absolute atomic E-state index is 0.619. The zero-order valence-corrected chi connectivity index (χ0v) is 16.5. The highest BCUT2D eigenvalue weighted by molar-refractivity contribution is 5.95. The van der Waals surface area contributed by atoms with Gasteiger partial charge in [0.25, 0.3) is 0 Å². The molecule has 4 aromatic rings. The van der Waals surface area contributed by atoms with Crippen LogP contribution >= 0.6 is 0 Å². The van der Waals surface area contributed by atoms with Crippen LogP contribution in [0.15, 0.2) is 61.1 Å². The Balaban J connectivity index is 1.75. The van der Waals surface area contributed by atoms with Crippen LogP contribution in [-0.4, -0.2) is 40.9 Å². The first-order valence-corrected chi connectivity index (χ1v) is 9.27.